The average Bonchev–Trinajstić information content (AvgIpc) is 2.31. The summed E-state index contributed by atoms with van der Waals surface area (Å²) in [6.45, 7) is 1.83. The Morgan fingerprint density at radius 3 is 2.37 bits per heavy atom. The molecule has 0 saturated heterocycles. The molecule has 0 unspecified atom stereocenters. The average molecular weight is 346 g/mol. The molecule has 2 rings (SSSR count). The predicted molar refractivity (Wildman–Crippen MR) is 73.7 cm³/mol. The molecule has 1 nitrogen and oxygen atoms in total. The van der Waals surface area contributed by atoms with Gasteiger partial charge in [0.1, 0.15) is 0 Å². The van der Waals surface area contributed by atoms with Crippen LogP contribution in [0, 0.1) is 18.6 Å². The quantitative estimate of drug-likeness (QED) is 0.558. The number of carbonyl (C=O) groups excluding carboxylic acids is 1. The van der Waals surface area contributed by atoms with Crippen molar-refractivity contribution in [1.82, 2.24) is 0 Å². The molecule has 0 radical (unpaired) electrons. The van der Waals surface area contributed by atoms with E-state index < -0.39 is 17.4 Å². The summed E-state index contributed by atoms with van der Waals surface area (Å²) in [6, 6.07) is 6.71. The maximum absolute atomic E-state index is 13.2. The molecule has 0 N–H and O–H groups in total. The minimum absolute atomic E-state index is 0.0573. The van der Waals surface area contributed by atoms with E-state index in [0.717, 1.165) is 22.2 Å². The zero-order valence-corrected chi connectivity index (χ0v) is 12.1. The van der Waals surface area contributed by atoms with Crippen LogP contribution < -0.4 is 0 Å². The molecule has 0 spiro atoms. The number of rotatable bonds is 2. The molecule has 0 amide bonds. The summed E-state index contributed by atoms with van der Waals surface area (Å²) < 4.78 is 26.9. The van der Waals surface area contributed by atoms with Crippen LogP contribution in [0.25, 0.3) is 0 Å². The van der Waals surface area contributed by atoms with Crippen LogP contribution in [0.3, 0.4) is 0 Å². The molecular weight excluding hydrogens is 338 g/mol. The van der Waals surface area contributed by atoms with Crippen LogP contribution in [0.1, 0.15) is 21.5 Å². The first kappa shape index (κ1) is 14.2. The molecule has 98 valence electrons. The van der Waals surface area contributed by atoms with Crippen molar-refractivity contribution >= 4 is 33.3 Å². The third kappa shape index (κ3) is 3.01. The molecule has 0 heterocycles. The van der Waals surface area contributed by atoms with E-state index in [1.807, 2.05) is 13.0 Å². The molecule has 0 atom stereocenters. The van der Waals surface area contributed by atoms with Gasteiger partial charge < -0.3 is 0 Å². The Morgan fingerprint density at radius 1 is 1.11 bits per heavy atom. The van der Waals surface area contributed by atoms with Gasteiger partial charge in [0, 0.05) is 15.6 Å². The van der Waals surface area contributed by atoms with E-state index in [4.69, 9.17) is 11.6 Å². The topological polar surface area (TPSA) is 17.1 Å². The molecule has 0 aliphatic rings. The minimum atomic E-state index is -1.10. The summed E-state index contributed by atoms with van der Waals surface area (Å²) in [5.74, 6) is -2.63. The molecule has 0 aliphatic carbocycles. The molecule has 0 aliphatic heterocycles. The Hall–Kier alpha value is -1.26. The van der Waals surface area contributed by atoms with Crippen molar-refractivity contribution in [2.75, 3.05) is 0 Å². The van der Waals surface area contributed by atoms with Gasteiger partial charge in [0.15, 0.2) is 17.4 Å². The number of ketones is 1. The fourth-order valence-electron chi connectivity index (χ4n) is 1.72. The Kier molecular flexibility index (Phi) is 4.02. The highest BCUT2D eigenvalue weighted by molar-refractivity contribution is 9.10. The molecule has 0 fully saturated rings. The number of carbonyl (C=O) groups is 1. The standard InChI is InChI=1S/C14H8BrClF2O/c1-7-2-8(4-9(15)3-7)14(19)10-5-12(17)13(18)6-11(10)16/h2-6H,1H3. The van der Waals surface area contributed by atoms with Crippen LogP contribution in [0.2, 0.25) is 5.02 Å². The predicted octanol–water partition coefficient (Wildman–Crippen LogP) is 4.92. The number of hydrogen-bond acceptors (Lipinski definition) is 1. The van der Waals surface area contributed by atoms with E-state index in [1.165, 1.54) is 0 Å². The lowest BCUT2D eigenvalue weighted by Crippen LogP contribution is -2.04. The Balaban J connectivity index is 2.53. The SMILES string of the molecule is Cc1cc(Br)cc(C(=O)c2cc(F)c(F)cc2Cl)c1. The first-order chi connectivity index (χ1) is 8.88. The van der Waals surface area contributed by atoms with Gasteiger partial charge in [-0.3, -0.25) is 4.79 Å². The fraction of sp³-hybridized carbons (Fsp3) is 0.0714. The lowest BCUT2D eigenvalue weighted by molar-refractivity contribution is 0.103. The lowest BCUT2D eigenvalue weighted by Gasteiger charge is -2.06. The van der Waals surface area contributed by atoms with E-state index in [1.54, 1.807) is 12.1 Å². The van der Waals surface area contributed by atoms with Crippen molar-refractivity contribution in [3.8, 4) is 0 Å². The highest BCUT2D eigenvalue weighted by atomic mass is 79.9. The molecule has 0 aromatic heterocycles. The maximum Gasteiger partial charge on any atom is 0.194 e. The van der Waals surface area contributed by atoms with E-state index in [0.29, 0.717) is 5.56 Å². The maximum atomic E-state index is 13.2. The van der Waals surface area contributed by atoms with Crippen LogP contribution in [-0.4, -0.2) is 5.78 Å². The molecule has 19 heavy (non-hydrogen) atoms. The summed E-state index contributed by atoms with van der Waals surface area (Å²) in [7, 11) is 0. The van der Waals surface area contributed by atoms with E-state index in [2.05, 4.69) is 15.9 Å². The number of benzene rings is 2. The monoisotopic (exact) mass is 344 g/mol. The van der Waals surface area contributed by atoms with Crippen LogP contribution in [-0.2, 0) is 0 Å². The van der Waals surface area contributed by atoms with E-state index in [-0.39, 0.29) is 10.6 Å². The van der Waals surface area contributed by atoms with Crippen LogP contribution >= 0.6 is 27.5 Å². The fourth-order valence-corrected chi connectivity index (χ4v) is 2.56. The normalized spacial score (nSPS) is 10.6. The molecule has 0 saturated carbocycles. The smallest absolute Gasteiger partial charge is 0.194 e. The first-order valence-corrected chi connectivity index (χ1v) is 6.52. The van der Waals surface area contributed by atoms with Gasteiger partial charge in [-0.15, -0.1) is 0 Å². The van der Waals surface area contributed by atoms with Gasteiger partial charge in [-0.1, -0.05) is 27.5 Å². The van der Waals surface area contributed by atoms with Gasteiger partial charge in [-0.05, 0) is 42.8 Å². The van der Waals surface area contributed by atoms with Gasteiger partial charge in [0.25, 0.3) is 0 Å². The number of halogens is 4. The summed E-state index contributed by atoms with van der Waals surface area (Å²) >= 11 is 9.07. The van der Waals surface area contributed by atoms with Crippen molar-refractivity contribution in [3.05, 3.63) is 68.2 Å². The van der Waals surface area contributed by atoms with Crippen molar-refractivity contribution < 1.29 is 13.6 Å². The number of aryl methyl sites for hydroxylation is 1. The third-order valence-corrected chi connectivity index (χ3v) is 3.33. The Morgan fingerprint density at radius 2 is 1.74 bits per heavy atom. The molecule has 2 aromatic rings. The van der Waals surface area contributed by atoms with Gasteiger partial charge in [0.05, 0.1) is 5.02 Å². The van der Waals surface area contributed by atoms with Crippen molar-refractivity contribution in [2.24, 2.45) is 0 Å². The van der Waals surface area contributed by atoms with Crippen molar-refractivity contribution in [3.63, 3.8) is 0 Å². The summed E-state index contributed by atoms with van der Waals surface area (Å²) in [5.41, 5.74) is 1.18. The van der Waals surface area contributed by atoms with Gasteiger partial charge in [-0.2, -0.15) is 0 Å². The second-order valence-electron chi connectivity index (χ2n) is 4.09. The lowest BCUT2D eigenvalue weighted by atomic mass is 10.0. The third-order valence-electron chi connectivity index (χ3n) is 2.56. The largest absolute Gasteiger partial charge is 0.289 e. The Labute approximate surface area is 122 Å². The van der Waals surface area contributed by atoms with Crippen LogP contribution in [0.15, 0.2) is 34.8 Å². The van der Waals surface area contributed by atoms with E-state index >= 15 is 0 Å². The van der Waals surface area contributed by atoms with Crippen molar-refractivity contribution in [1.29, 1.82) is 0 Å². The molecule has 0 bridgehead atoms. The molecule has 5 heteroatoms. The zero-order chi connectivity index (χ0) is 14.2. The van der Waals surface area contributed by atoms with Crippen LogP contribution in [0.5, 0.6) is 0 Å². The number of hydrogen-bond donors (Lipinski definition) is 0. The first-order valence-electron chi connectivity index (χ1n) is 5.35. The van der Waals surface area contributed by atoms with E-state index in [9.17, 15) is 13.6 Å². The minimum Gasteiger partial charge on any atom is -0.289 e. The van der Waals surface area contributed by atoms with Gasteiger partial charge >= 0.3 is 0 Å². The van der Waals surface area contributed by atoms with Crippen LogP contribution in [0.4, 0.5) is 8.78 Å². The Bertz CT molecular complexity index is 650. The second kappa shape index (κ2) is 5.39. The second-order valence-corrected chi connectivity index (χ2v) is 5.42. The highest BCUT2D eigenvalue weighted by Gasteiger charge is 2.17. The summed E-state index contributed by atoms with van der Waals surface area (Å²) in [5, 5.41) is -0.110. The van der Waals surface area contributed by atoms with Gasteiger partial charge in [-0.25, -0.2) is 8.78 Å². The van der Waals surface area contributed by atoms with Gasteiger partial charge in [0.2, 0.25) is 0 Å². The summed E-state index contributed by atoms with van der Waals surface area (Å²) in [6.07, 6.45) is 0. The molecular formula is C14H8BrClF2O. The zero-order valence-electron chi connectivity index (χ0n) is 9.81. The summed E-state index contributed by atoms with van der Waals surface area (Å²) in [4.78, 5) is 12.2. The molecule has 2 aromatic carbocycles. The van der Waals surface area contributed by atoms with Crippen molar-refractivity contribution in [2.45, 2.75) is 6.92 Å². The highest BCUT2D eigenvalue weighted by Crippen LogP contribution is 2.24.